The minimum absolute atomic E-state index is 0.111. The summed E-state index contributed by atoms with van der Waals surface area (Å²) in [4.78, 5) is 7.84. The van der Waals surface area contributed by atoms with Gasteiger partial charge in [-0.05, 0) is 44.8 Å². The van der Waals surface area contributed by atoms with Gasteiger partial charge in [0.2, 0.25) is 5.28 Å². The highest BCUT2D eigenvalue weighted by Crippen LogP contribution is 2.39. The van der Waals surface area contributed by atoms with Gasteiger partial charge >= 0.3 is 7.12 Å². The fourth-order valence-corrected chi connectivity index (χ4v) is 2.43. The number of halogens is 2. The van der Waals surface area contributed by atoms with Gasteiger partial charge in [0.1, 0.15) is 5.15 Å². The second-order valence-corrected chi connectivity index (χ2v) is 6.86. The first-order valence-electron chi connectivity index (χ1n) is 6.51. The Balaban J connectivity index is 2.31. The van der Waals surface area contributed by atoms with Gasteiger partial charge in [0.25, 0.3) is 0 Å². The Morgan fingerprint density at radius 3 is 2.33 bits per heavy atom. The Morgan fingerprint density at radius 2 is 1.86 bits per heavy atom. The molecule has 21 heavy (non-hydrogen) atoms. The summed E-state index contributed by atoms with van der Waals surface area (Å²) in [6, 6.07) is 0. The van der Waals surface area contributed by atoms with Crippen molar-refractivity contribution >= 4 is 49.0 Å². The Morgan fingerprint density at radius 1 is 1.29 bits per heavy atom. The van der Waals surface area contributed by atoms with E-state index in [4.69, 9.17) is 32.5 Å². The Hall–Kier alpha value is -0.265. The third-order valence-corrected chi connectivity index (χ3v) is 4.67. The van der Waals surface area contributed by atoms with Crippen LogP contribution in [0, 0.1) is 0 Å². The lowest BCUT2D eigenvalue weighted by atomic mass is 9.78. The molecular formula is C13H17BCl2N2O2S. The summed E-state index contributed by atoms with van der Waals surface area (Å²) in [6.45, 7) is 8.01. The van der Waals surface area contributed by atoms with Crippen LogP contribution in [0.5, 0.6) is 0 Å². The van der Waals surface area contributed by atoms with Gasteiger partial charge in [-0.15, -0.1) is 0 Å². The van der Waals surface area contributed by atoms with Crippen LogP contribution in [-0.4, -0.2) is 34.0 Å². The maximum absolute atomic E-state index is 6.06. The van der Waals surface area contributed by atoms with Crippen LogP contribution in [0.4, 0.5) is 0 Å². The Kier molecular flexibility index (Phi) is 4.95. The number of rotatable bonds is 3. The molecule has 0 atom stereocenters. The topological polar surface area (TPSA) is 44.2 Å². The zero-order chi connectivity index (χ0) is 15.8. The van der Waals surface area contributed by atoms with E-state index in [-0.39, 0.29) is 10.4 Å². The lowest BCUT2D eigenvalue weighted by molar-refractivity contribution is 0.00578. The molecule has 4 nitrogen and oxygen atoms in total. The highest BCUT2D eigenvalue weighted by molar-refractivity contribution is 7.80. The van der Waals surface area contributed by atoms with Crippen molar-refractivity contribution in [2.45, 2.75) is 38.9 Å². The highest BCUT2D eigenvalue weighted by Gasteiger charge is 2.52. The molecule has 1 saturated heterocycles. The maximum atomic E-state index is 6.06. The van der Waals surface area contributed by atoms with Crippen LogP contribution in [0.3, 0.4) is 0 Å². The third-order valence-electron chi connectivity index (χ3n) is 3.82. The number of aromatic nitrogens is 2. The number of hydrogen-bond donors (Lipinski definition) is 1. The summed E-state index contributed by atoms with van der Waals surface area (Å²) >= 11 is 16.1. The Bertz CT molecular complexity index is 565. The molecule has 0 aromatic carbocycles. The zero-order valence-corrected chi connectivity index (χ0v) is 14.8. The molecule has 2 heterocycles. The van der Waals surface area contributed by atoms with E-state index in [9.17, 15) is 0 Å². The van der Waals surface area contributed by atoms with E-state index in [0.29, 0.717) is 11.3 Å². The normalized spacial score (nSPS) is 20.9. The van der Waals surface area contributed by atoms with Crippen LogP contribution in [-0.2, 0) is 9.31 Å². The lowest BCUT2D eigenvalue weighted by Gasteiger charge is -2.32. The zero-order valence-electron chi connectivity index (χ0n) is 12.4. The van der Waals surface area contributed by atoms with Crippen LogP contribution >= 0.6 is 35.8 Å². The molecule has 1 aliphatic heterocycles. The van der Waals surface area contributed by atoms with Gasteiger partial charge in [-0.25, -0.2) is 9.97 Å². The SMILES string of the molecule is CC1(C)OB(C(=Cc2cnc(Cl)nc2Cl)CS)OC1(C)C. The molecule has 114 valence electrons. The molecule has 0 aliphatic carbocycles. The van der Waals surface area contributed by atoms with Crippen molar-refractivity contribution in [1.82, 2.24) is 9.97 Å². The molecule has 0 radical (unpaired) electrons. The summed E-state index contributed by atoms with van der Waals surface area (Å²) in [5.74, 6) is 0.468. The largest absolute Gasteiger partial charge is 0.491 e. The average Bonchev–Trinajstić information content (AvgIpc) is 2.57. The molecule has 0 saturated carbocycles. The summed E-state index contributed by atoms with van der Waals surface area (Å²) < 4.78 is 12.0. The van der Waals surface area contributed by atoms with E-state index in [0.717, 1.165) is 5.47 Å². The van der Waals surface area contributed by atoms with Crippen LogP contribution in [0.15, 0.2) is 11.7 Å². The van der Waals surface area contributed by atoms with E-state index >= 15 is 0 Å². The average molecular weight is 347 g/mol. The van der Waals surface area contributed by atoms with Crippen LogP contribution in [0.1, 0.15) is 33.3 Å². The molecule has 0 spiro atoms. The standard InChI is InChI=1S/C13H17BCl2N2O2S/c1-12(2)13(3,4)20-14(19-12)9(7-21)5-8-6-17-11(16)18-10(8)15/h5-6,21H,7H2,1-4H3. The summed E-state index contributed by atoms with van der Waals surface area (Å²) in [6.07, 6.45) is 3.39. The molecular weight excluding hydrogens is 330 g/mol. The summed E-state index contributed by atoms with van der Waals surface area (Å²) in [5, 5.41) is 0.394. The molecule has 1 aromatic rings. The minimum Gasteiger partial charge on any atom is -0.400 e. The molecule has 8 heteroatoms. The number of nitrogens with zero attached hydrogens (tertiary/aromatic N) is 2. The van der Waals surface area contributed by atoms with Gasteiger partial charge in [0.15, 0.2) is 0 Å². The predicted octanol–water partition coefficient (Wildman–Crippen LogP) is 3.73. The monoisotopic (exact) mass is 346 g/mol. The predicted molar refractivity (Wildman–Crippen MR) is 90.0 cm³/mol. The molecule has 0 unspecified atom stereocenters. The van der Waals surface area contributed by atoms with Crippen molar-refractivity contribution in [2.24, 2.45) is 0 Å². The van der Waals surface area contributed by atoms with Crippen molar-refractivity contribution in [2.75, 3.05) is 5.75 Å². The molecule has 0 N–H and O–H groups in total. The summed E-state index contributed by atoms with van der Waals surface area (Å²) in [5.41, 5.74) is 0.699. The van der Waals surface area contributed by atoms with Gasteiger partial charge in [-0.3, -0.25) is 0 Å². The first-order valence-corrected chi connectivity index (χ1v) is 7.90. The second kappa shape index (κ2) is 6.09. The van der Waals surface area contributed by atoms with Crippen molar-refractivity contribution in [1.29, 1.82) is 0 Å². The second-order valence-electron chi connectivity index (χ2n) is 5.85. The molecule has 1 aromatic heterocycles. The van der Waals surface area contributed by atoms with E-state index in [1.165, 1.54) is 0 Å². The van der Waals surface area contributed by atoms with Crippen LogP contribution < -0.4 is 0 Å². The van der Waals surface area contributed by atoms with Crippen molar-refractivity contribution in [3.05, 3.63) is 27.7 Å². The molecule has 0 amide bonds. The van der Waals surface area contributed by atoms with Crippen molar-refractivity contribution in [3.8, 4) is 0 Å². The van der Waals surface area contributed by atoms with Gasteiger partial charge in [-0.2, -0.15) is 12.6 Å². The quantitative estimate of drug-likeness (QED) is 0.392. The fraction of sp³-hybridized carbons (Fsp3) is 0.538. The first-order chi connectivity index (χ1) is 9.66. The van der Waals surface area contributed by atoms with Gasteiger partial charge in [0.05, 0.1) is 11.2 Å². The fourth-order valence-electron chi connectivity index (χ4n) is 1.83. The molecule has 1 aliphatic rings. The number of thiol groups is 1. The van der Waals surface area contributed by atoms with E-state index in [1.54, 1.807) is 6.20 Å². The highest BCUT2D eigenvalue weighted by atomic mass is 35.5. The van der Waals surface area contributed by atoms with E-state index in [1.807, 2.05) is 33.8 Å². The van der Waals surface area contributed by atoms with Gasteiger partial charge < -0.3 is 9.31 Å². The van der Waals surface area contributed by atoms with E-state index in [2.05, 4.69) is 22.6 Å². The smallest absolute Gasteiger partial charge is 0.400 e. The lowest BCUT2D eigenvalue weighted by Crippen LogP contribution is -2.41. The number of hydrogen-bond acceptors (Lipinski definition) is 5. The molecule has 0 bridgehead atoms. The van der Waals surface area contributed by atoms with Crippen molar-refractivity contribution in [3.63, 3.8) is 0 Å². The van der Waals surface area contributed by atoms with Gasteiger partial charge in [-0.1, -0.05) is 17.7 Å². The maximum Gasteiger partial charge on any atom is 0.491 e. The van der Waals surface area contributed by atoms with Crippen LogP contribution in [0.25, 0.3) is 6.08 Å². The summed E-state index contributed by atoms with van der Waals surface area (Å²) in [7, 11) is -0.473. The Labute approximate surface area is 140 Å². The molecule has 2 rings (SSSR count). The van der Waals surface area contributed by atoms with Crippen molar-refractivity contribution < 1.29 is 9.31 Å². The van der Waals surface area contributed by atoms with E-state index < -0.39 is 18.3 Å². The minimum atomic E-state index is -0.473. The van der Waals surface area contributed by atoms with Crippen LogP contribution in [0.2, 0.25) is 10.4 Å². The first kappa shape index (κ1) is 17.1. The molecule has 1 fully saturated rings. The third kappa shape index (κ3) is 3.56. The van der Waals surface area contributed by atoms with Gasteiger partial charge in [0, 0.05) is 17.5 Å².